The molecule has 0 bridgehead atoms. The molecule has 78 valence electrons. The largest absolute Gasteiger partial charge is 0.317 e. The molecule has 1 heterocycles. The third-order valence-corrected chi connectivity index (χ3v) is 2.43. The van der Waals surface area contributed by atoms with Crippen molar-refractivity contribution in [2.24, 2.45) is 0 Å². The highest BCUT2D eigenvalue weighted by molar-refractivity contribution is 6.30. The first kappa shape index (κ1) is 11.4. The molecule has 0 radical (unpaired) electrons. The van der Waals surface area contributed by atoms with Gasteiger partial charge in [0.05, 0.1) is 10.7 Å². The molecular weight excluding hydrogens is 203 g/mol. The zero-order valence-corrected chi connectivity index (χ0v) is 9.11. The Balaban J connectivity index is 2.76. The number of nitrogens with zero attached hydrogens (tertiary/aromatic N) is 1. The summed E-state index contributed by atoms with van der Waals surface area (Å²) in [7, 11) is 1.86. The Morgan fingerprint density at radius 1 is 1.64 bits per heavy atom. The Hall–Kier alpha value is -0.670. The van der Waals surface area contributed by atoms with Gasteiger partial charge in [0.25, 0.3) is 0 Å². The van der Waals surface area contributed by atoms with E-state index < -0.39 is 0 Å². The van der Waals surface area contributed by atoms with E-state index in [1.165, 1.54) is 12.3 Å². The van der Waals surface area contributed by atoms with Crippen LogP contribution < -0.4 is 5.32 Å². The van der Waals surface area contributed by atoms with E-state index in [1.54, 1.807) is 0 Å². The van der Waals surface area contributed by atoms with E-state index in [0.29, 0.717) is 17.1 Å². The Bertz CT molecular complexity index is 300. The maximum absolute atomic E-state index is 13.3. The van der Waals surface area contributed by atoms with Crippen molar-refractivity contribution in [2.45, 2.75) is 25.8 Å². The zero-order chi connectivity index (χ0) is 10.6. The van der Waals surface area contributed by atoms with Gasteiger partial charge in [0, 0.05) is 18.7 Å². The van der Waals surface area contributed by atoms with Crippen molar-refractivity contribution in [3.05, 3.63) is 28.8 Å². The van der Waals surface area contributed by atoms with Crippen molar-refractivity contribution in [2.75, 3.05) is 7.05 Å². The SMILES string of the molecule is CCC(Cc1ncc(Cl)cc1F)NC. The van der Waals surface area contributed by atoms with Crippen molar-refractivity contribution in [1.29, 1.82) is 0 Å². The summed E-state index contributed by atoms with van der Waals surface area (Å²) in [5.74, 6) is -0.328. The monoisotopic (exact) mass is 216 g/mol. The van der Waals surface area contributed by atoms with Crippen molar-refractivity contribution in [3.8, 4) is 0 Å². The summed E-state index contributed by atoms with van der Waals surface area (Å²) in [6.45, 7) is 2.05. The van der Waals surface area contributed by atoms with Crippen LogP contribution in [-0.4, -0.2) is 18.1 Å². The highest BCUT2D eigenvalue weighted by atomic mass is 35.5. The highest BCUT2D eigenvalue weighted by Crippen LogP contribution is 2.13. The topological polar surface area (TPSA) is 24.9 Å². The summed E-state index contributed by atoms with van der Waals surface area (Å²) in [5, 5.41) is 3.44. The molecule has 14 heavy (non-hydrogen) atoms. The summed E-state index contributed by atoms with van der Waals surface area (Å²) in [5.41, 5.74) is 0.468. The first-order chi connectivity index (χ1) is 6.67. The molecule has 1 rings (SSSR count). The van der Waals surface area contributed by atoms with E-state index in [9.17, 15) is 4.39 Å². The van der Waals surface area contributed by atoms with Gasteiger partial charge in [-0.25, -0.2) is 4.39 Å². The molecule has 0 aliphatic rings. The predicted octanol–water partition coefficient (Wildman–Crippen LogP) is 2.41. The van der Waals surface area contributed by atoms with Gasteiger partial charge in [-0.15, -0.1) is 0 Å². The standard InChI is InChI=1S/C10H14ClFN2/c1-3-8(13-2)5-10-9(12)4-7(11)6-14-10/h4,6,8,13H,3,5H2,1-2H3. The van der Waals surface area contributed by atoms with Gasteiger partial charge >= 0.3 is 0 Å². The quantitative estimate of drug-likeness (QED) is 0.836. The molecule has 1 unspecified atom stereocenters. The fourth-order valence-electron chi connectivity index (χ4n) is 1.28. The molecular formula is C10H14ClFN2. The van der Waals surface area contributed by atoms with Gasteiger partial charge in [0.2, 0.25) is 0 Å². The lowest BCUT2D eigenvalue weighted by Gasteiger charge is -2.13. The maximum atomic E-state index is 13.3. The molecule has 2 nitrogen and oxygen atoms in total. The molecule has 0 aromatic carbocycles. The number of halogens is 2. The van der Waals surface area contributed by atoms with Crippen LogP contribution in [0.25, 0.3) is 0 Å². The predicted molar refractivity (Wildman–Crippen MR) is 56.0 cm³/mol. The maximum Gasteiger partial charge on any atom is 0.146 e. The molecule has 1 N–H and O–H groups in total. The summed E-state index contributed by atoms with van der Waals surface area (Å²) >= 11 is 5.60. The average molecular weight is 217 g/mol. The summed E-state index contributed by atoms with van der Waals surface area (Å²) in [4.78, 5) is 3.97. The summed E-state index contributed by atoms with van der Waals surface area (Å²) < 4.78 is 13.3. The highest BCUT2D eigenvalue weighted by Gasteiger charge is 2.10. The van der Waals surface area contributed by atoms with Gasteiger partial charge in [-0.05, 0) is 19.5 Å². The van der Waals surface area contributed by atoms with Gasteiger partial charge in [0.1, 0.15) is 5.82 Å². The Labute approximate surface area is 88.5 Å². The molecule has 0 spiro atoms. The van der Waals surface area contributed by atoms with Crippen LogP contribution in [-0.2, 0) is 6.42 Å². The van der Waals surface area contributed by atoms with E-state index in [0.717, 1.165) is 6.42 Å². The van der Waals surface area contributed by atoms with Gasteiger partial charge in [0.15, 0.2) is 0 Å². The van der Waals surface area contributed by atoms with Gasteiger partial charge < -0.3 is 5.32 Å². The summed E-state index contributed by atoms with van der Waals surface area (Å²) in [6, 6.07) is 1.56. The van der Waals surface area contributed by atoms with Gasteiger partial charge in [-0.1, -0.05) is 18.5 Å². The smallest absolute Gasteiger partial charge is 0.146 e. The molecule has 0 aliphatic carbocycles. The van der Waals surface area contributed by atoms with Crippen LogP contribution in [0.5, 0.6) is 0 Å². The van der Waals surface area contributed by atoms with Crippen molar-refractivity contribution < 1.29 is 4.39 Å². The van der Waals surface area contributed by atoms with Crippen LogP contribution >= 0.6 is 11.6 Å². The molecule has 0 saturated carbocycles. The minimum Gasteiger partial charge on any atom is -0.317 e. The van der Waals surface area contributed by atoms with Crippen LogP contribution in [0.1, 0.15) is 19.0 Å². The lowest BCUT2D eigenvalue weighted by Crippen LogP contribution is -2.27. The number of nitrogens with one attached hydrogen (secondary N) is 1. The van der Waals surface area contributed by atoms with E-state index in [2.05, 4.69) is 17.2 Å². The van der Waals surface area contributed by atoms with E-state index >= 15 is 0 Å². The van der Waals surface area contributed by atoms with Crippen molar-refractivity contribution in [3.63, 3.8) is 0 Å². The average Bonchev–Trinajstić information content (AvgIpc) is 2.17. The Morgan fingerprint density at radius 2 is 2.36 bits per heavy atom. The van der Waals surface area contributed by atoms with Crippen molar-refractivity contribution >= 4 is 11.6 Å². The first-order valence-corrected chi connectivity index (χ1v) is 5.02. The molecule has 0 fully saturated rings. The number of pyridine rings is 1. The molecule has 0 amide bonds. The lowest BCUT2D eigenvalue weighted by molar-refractivity contribution is 0.513. The first-order valence-electron chi connectivity index (χ1n) is 4.64. The number of hydrogen-bond acceptors (Lipinski definition) is 2. The van der Waals surface area contributed by atoms with Crippen LogP contribution in [0.2, 0.25) is 5.02 Å². The molecule has 4 heteroatoms. The third-order valence-electron chi connectivity index (χ3n) is 2.22. The van der Waals surface area contributed by atoms with E-state index in [1.807, 2.05) is 7.05 Å². The normalized spacial score (nSPS) is 12.9. The zero-order valence-electron chi connectivity index (χ0n) is 8.35. The fraction of sp³-hybridized carbons (Fsp3) is 0.500. The van der Waals surface area contributed by atoms with E-state index in [4.69, 9.17) is 11.6 Å². The van der Waals surface area contributed by atoms with Gasteiger partial charge in [-0.3, -0.25) is 4.98 Å². The van der Waals surface area contributed by atoms with Crippen LogP contribution in [0.3, 0.4) is 0 Å². The molecule has 1 aromatic heterocycles. The minimum absolute atomic E-state index is 0.262. The van der Waals surface area contributed by atoms with Crippen molar-refractivity contribution in [1.82, 2.24) is 10.3 Å². The summed E-state index contributed by atoms with van der Waals surface area (Å²) in [6.07, 6.45) is 3.01. The molecule has 1 atom stereocenters. The second-order valence-electron chi connectivity index (χ2n) is 3.18. The number of rotatable bonds is 4. The van der Waals surface area contributed by atoms with Gasteiger partial charge in [-0.2, -0.15) is 0 Å². The Kier molecular flexibility index (Phi) is 4.29. The number of hydrogen-bond donors (Lipinski definition) is 1. The number of aromatic nitrogens is 1. The van der Waals surface area contributed by atoms with Crippen LogP contribution in [0.4, 0.5) is 4.39 Å². The molecule has 0 saturated heterocycles. The van der Waals surface area contributed by atoms with E-state index in [-0.39, 0.29) is 11.9 Å². The van der Waals surface area contributed by atoms with Crippen LogP contribution in [0, 0.1) is 5.82 Å². The second-order valence-corrected chi connectivity index (χ2v) is 3.62. The number of likely N-dealkylation sites (N-methyl/N-ethyl adjacent to an activating group) is 1. The second kappa shape index (κ2) is 5.27. The van der Waals surface area contributed by atoms with Crippen LogP contribution in [0.15, 0.2) is 12.3 Å². The minimum atomic E-state index is -0.328. The molecule has 1 aromatic rings. The fourth-order valence-corrected chi connectivity index (χ4v) is 1.42. The third kappa shape index (κ3) is 2.93. The molecule has 0 aliphatic heterocycles. The lowest BCUT2D eigenvalue weighted by atomic mass is 10.1. The Morgan fingerprint density at radius 3 is 2.86 bits per heavy atom.